The number of hydrogen-bond donors (Lipinski definition) is 1. The predicted octanol–water partition coefficient (Wildman–Crippen LogP) is 4.19. The Kier molecular flexibility index (Phi) is 7.66. The van der Waals surface area contributed by atoms with Crippen LogP contribution in [0.1, 0.15) is 68.1 Å². The predicted molar refractivity (Wildman–Crippen MR) is 129 cm³/mol. The van der Waals surface area contributed by atoms with Gasteiger partial charge in [0.25, 0.3) is 5.91 Å². The normalized spacial score (nSPS) is 21.4. The van der Waals surface area contributed by atoms with Gasteiger partial charge in [0.15, 0.2) is 5.49 Å². The maximum absolute atomic E-state index is 13.5. The van der Waals surface area contributed by atoms with Crippen LogP contribution in [0, 0.1) is 0 Å². The molecule has 36 heavy (non-hydrogen) atoms. The summed E-state index contributed by atoms with van der Waals surface area (Å²) in [4.78, 5) is 17.7. The highest BCUT2D eigenvalue weighted by atomic mass is 19.4. The molecule has 198 valence electrons. The van der Waals surface area contributed by atoms with Crippen LogP contribution in [-0.2, 0) is 29.9 Å². The molecule has 0 aliphatic carbocycles. The third-order valence-electron chi connectivity index (χ3n) is 6.77. The number of amides is 1. The number of halogens is 3. The number of aromatic nitrogens is 2. The Balaban J connectivity index is 1.74. The number of rotatable bonds is 6. The van der Waals surface area contributed by atoms with Crippen LogP contribution in [0.25, 0.3) is 0 Å². The van der Waals surface area contributed by atoms with Crippen LogP contribution in [0.4, 0.5) is 13.2 Å². The lowest BCUT2D eigenvalue weighted by atomic mass is 9.92. The van der Waals surface area contributed by atoms with E-state index in [1.807, 2.05) is 22.5 Å². The minimum atomic E-state index is -4.59. The Morgan fingerprint density at radius 3 is 2.58 bits per heavy atom. The molecule has 3 heterocycles. The second kappa shape index (κ2) is 10.4. The molecule has 2 aromatic rings. The van der Waals surface area contributed by atoms with Gasteiger partial charge in [-0.15, -0.1) is 0 Å². The smallest absolute Gasteiger partial charge is 0.416 e. The number of hydrogen-bond acceptors (Lipinski definition) is 4. The van der Waals surface area contributed by atoms with E-state index in [4.69, 9.17) is 9.47 Å². The van der Waals surface area contributed by atoms with Crippen LogP contribution in [-0.4, -0.2) is 47.2 Å². The van der Waals surface area contributed by atoms with Gasteiger partial charge in [-0.3, -0.25) is 14.2 Å². The van der Waals surface area contributed by atoms with Crippen molar-refractivity contribution in [3.8, 4) is 5.75 Å². The first-order valence-corrected chi connectivity index (χ1v) is 12.5. The molecule has 2 atom stereocenters. The standard InChI is InChI=1S/C26H35F3N4O3/c1-25(2,3)22-14-23(33(32(22)4)15-19-8-6-12-35-19)31-24(34)20-13-17(26(27,28)29)9-10-21(20)36-16-18-7-5-11-30-18/h9-10,13-14,18-19,30H,5-8,11-12,15-16H2,1-4H3/t18-,19+/m0/s1. The Labute approximate surface area is 209 Å². The third kappa shape index (κ3) is 6.03. The summed E-state index contributed by atoms with van der Waals surface area (Å²) in [5.74, 6) is -0.675. The molecule has 2 aliphatic heterocycles. The summed E-state index contributed by atoms with van der Waals surface area (Å²) in [6.45, 7) is 8.49. The first kappa shape index (κ1) is 26.5. The summed E-state index contributed by atoms with van der Waals surface area (Å²) >= 11 is 0. The van der Waals surface area contributed by atoms with Gasteiger partial charge in [0.1, 0.15) is 12.4 Å². The molecule has 0 bridgehead atoms. The van der Waals surface area contributed by atoms with E-state index in [1.54, 1.807) is 0 Å². The third-order valence-corrected chi connectivity index (χ3v) is 6.77. The zero-order valence-corrected chi connectivity index (χ0v) is 21.3. The number of alkyl halides is 3. The summed E-state index contributed by atoms with van der Waals surface area (Å²) in [7, 11) is 1.90. The highest BCUT2D eigenvalue weighted by molar-refractivity contribution is 5.97. The highest BCUT2D eigenvalue weighted by Crippen LogP contribution is 2.33. The van der Waals surface area contributed by atoms with E-state index in [0.717, 1.165) is 50.1 Å². The monoisotopic (exact) mass is 508 g/mol. The Hall–Kier alpha value is -2.59. The zero-order chi connectivity index (χ0) is 26.1. The largest absolute Gasteiger partial charge is 0.491 e. The minimum Gasteiger partial charge on any atom is -0.491 e. The van der Waals surface area contributed by atoms with Gasteiger partial charge in [-0.25, -0.2) is 0 Å². The molecule has 10 heteroatoms. The molecule has 7 nitrogen and oxygen atoms in total. The molecule has 0 saturated carbocycles. The molecular formula is C26H35F3N4O3. The van der Waals surface area contributed by atoms with E-state index < -0.39 is 17.6 Å². The summed E-state index contributed by atoms with van der Waals surface area (Å²) in [6.07, 6.45) is -0.807. The van der Waals surface area contributed by atoms with Crippen molar-refractivity contribution in [1.82, 2.24) is 14.7 Å². The van der Waals surface area contributed by atoms with Crippen LogP contribution in [0.2, 0.25) is 0 Å². The van der Waals surface area contributed by atoms with Crippen molar-refractivity contribution in [3.63, 3.8) is 0 Å². The number of nitrogens with zero attached hydrogens (tertiary/aromatic N) is 3. The van der Waals surface area contributed by atoms with Crippen molar-refractivity contribution in [2.24, 2.45) is 12.0 Å². The van der Waals surface area contributed by atoms with Crippen LogP contribution < -0.4 is 15.5 Å². The van der Waals surface area contributed by atoms with Gasteiger partial charge in [0, 0.05) is 36.9 Å². The summed E-state index contributed by atoms with van der Waals surface area (Å²) in [5, 5.41) is 3.28. The maximum Gasteiger partial charge on any atom is 0.416 e. The van der Waals surface area contributed by atoms with Crippen LogP contribution in [0.15, 0.2) is 29.3 Å². The Bertz CT molecular complexity index is 1150. The number of carbonyl (C=O) groups is 1. The first-order chi connectivity index (χ1) is 16.9. The van der Waals surface area contributed by atoms with Crippen molar-refractivity contribution in [2.45, 2.75) is 76.7 Å². The molecule has 2 fully saturated rings. The number of carbonyl (C=O) groups excluding carboxylic acids is 1. The average molecular weight is 509 g/mol. The first-order valence-electron chi connectivity index (χ1n) is 12.5. The fraction of sp³-hybridized carbons (Fsp3) is 0.615. The van der Waals surface area contributed by atoms with E-state index in [9.17, 15) is 18.0 Å². The molecule has 2 aliphatic rings. The van der Waals surface area contributed by atoms with E-state index in [0.29, 0.717) is 18.6 Å². The van der Waals surface area contributed by atoms with Gasteiger partial charge in [0.05, 0.1) is 23.8 Å². The van der Waals surface area contributed by atoms with Gasteiger partial charge in [-0.1, -0.05) is 20.8 Å². The molecule has 1 N–H and O–H groups in total. The lowest BCUT2D eigenvalue weighted by Crippen LogP contribution is -2.30. The SMILES string of the molecule is Cn1c(C(C)(C)C)cc(=NC(=O)c2cc(C(F)(F)F)ccc2OC[C@@H]2CCCN2)n1C[C@H]1CCCO1. The molecule has 0 unspecified atom stereocenters. The summed E-state index contributed by atoms with van der Waals surface area (Å²) in [6, 6.07) is 4.91. The molecule has 0 spiro atoms. The molecular weight excluding hydrogens is 473 g/mol. The number of ether oxygens (including phenoxy) is 2. The van der Waals surface area contributed by atoms with Crippen molar-refractivity contribution in [3.05, 3.63) is 46.6 Å². The second-order valence-corrected chi connectivity index (χ2v) is 10.6. The molecule has 2 saturated heterocycles. The zero-order valence-electron chi connectivity index (χ0n) is 21.3. The van der Waals surface area contributed by atoms with Gasteiger partial charge < -0.3 is 14.8 Å². The van der Waals surface area contributed by atoms with Gasteiger partial charge >= 0.3 is 6.18 Å². The van der Waals surface area contributed by atoms with Crippen LogP contribution >= 0.6 is 0 Å². The van der Waals surface area contributed by atoms with Crippen LogP contribution in [0.5, 0.6) is 5.75 Å². The van der Waals surface area contributed by atoms with E-state index in [1.165, 1.54) is 6.07 Å². The van der Waals surface area contributed by atoms with E-state index in [2.05, 4.69) is 31.1 Å². The van der Waals surface area contributed by atoms with Crippen LogP contribution in [0.3, 0.4) is 0 Å². The lowest BCUT2D eigenvalue weighted by Gasteiger charge is -2.21. The number of nitrogens with one attached hydrogen (secondary N) is 1. The molecule has 1 aromatic heterocycles. The lowest BCUT2D eigenvalue weighted by molar-refractivity contribution is -0.137. The van der Waals surface area contributed by atoms with Crippen molar-refractivity contribution in [2.75, 3.05) is 19.8 Å². The second-order valence-electron chi connectivity index (χ2n) is 10.6. The Morgan fingerprint density at radius 2 is 1.97 bits per heavy atom. The average Bonchev–Trinajstić information content (AvgIpc) is 3.55. The summed E-state index contributed by atoms with van der Waals surface area (Å²) in [5.41, 5.74) is -0.0258. The van der Waals surface area contributed by atoms with Crippen molar-refractivity contribution >= 4 is 5.91 Å². The molecule has 1 aromatic carbocycles. The molecule has 0 radical (unpaired) electrons. The fourth-order valence-corrected chi connectivity index (χ4v) is 4.82. The Morgan fingerprint density at radius 1 is 1.19 bits per heavy atom. The highest BCUT2D eigenvalue weighted by Gasteiger charge is 2.32. The molecule has 4 rings (SSSR count). The van der Waals surface area contributed by atoms with Gasteiger partial charge in [-0.2, -0.15) is 18.2 Å². The minimum absolute atomic E-state index is 0.00756. The fourth-order valence-electron chi connectivity index (χ4n) is 4.82. The van der Waals surface area contributed by atoms with E-state index in [-0.39, 0.29) is 35.5 Å². The summed E-state index contributed by atoms with van der Waals surface area (Å²) < 4.78 is 55.9. The van der Waals surface area contributed by atoms with Gasteiger partial charge in [-0.05, 0) is 50.4 Å². The maximum atomic E-state index is 13.5. The van der Waals surface area contributed by atoms with E-state index >= 15 is 0 Å². The number of benzene rings is 1. The van der Waals surface area contributed by atoms with Crippen molar-refractivity contribution in [1.29, 1.82) is 0 Å². The molecule has 1 amide bonds. The quantitative estimate of drug-likeness (QED) is 0.635. The van der Waals surface area contributed by atoms with Gasteiger partial charge in [0.2, 0.25) is 0 Å². The topological polar surface area (TPSA) is 69.8 Å². The van der Waals surface area contributed by atoms with Crippen molar-refractivity contribution < 1.29 is 27.4 Å².